The van der Waals surface area contributed by atoms with E-state index in [0.29, 0.717) is 0 Å². The normalized spacial score (nSPS) is 14.4. The van der Waals surface area contributed by atoms with Gasteiger partial charge in [0.1, 0.15) is 0 Å². The van der Waals surface area contributed by atoms with Gasteiger partial charge < -0.3 is 10.3 Å². The van der Waals surface area contributed by atoms with E-state index in [-0.39, 0.29) is 18.3 Å². The third-order valence-corrected chi connectivity index (χ3v) is 2.69. The summed E-state index contributed by atoms with van der Waals surface area (Å²) < 4.78 is 2.17. The molecule has 0 saturated carbocycles. The van der Waals surface area contributed by atoms with Gasteiger partial charge in [-0.25, -0.2) is 0 Å². The lowest BCUT2D eigenvalue weighted by molar-refractivity contribution is 0.0998. The molecule has 0 unspecified atom stereocenters. The molecule has 1 aromatic rings. The average Bonchev–Trinajstić information content (AvgIpc) is 2.39. The van der Waals surface area contributed by atoms with Gasteiger partial charge in [0, 0.05) is 18.4 Å². The van der Waals surface area contributed by atoms with Crippen molar-refractivity contribution in [3.8, 4) is 0 Å². The number of rotatable bonds is 1. The molecular weight excluding hydrogens is 200 g/mol. The quantitative estimate of drug-likeness (QED) is 0.760. The molecule has 2 N–H and O–H groups in total. The topological polar surface area (TPSA) is 48.0 Å². The van der Waals surface area contributed by atoms with Gasteiger partial charge in [-0.05, 0) is 31.7 Å². The van der Waals surface area contributed by atoms with Crippen LogP contribution in [-0.2, 0) is 13.0 Å². The minimum Gasteiger partial charge on any atom is -0.366 e. The van der Waals surface area contributed by atoms with Crippen molar-refractivity contribution < 1.29 is 4.79 Å². The zero-order chi connectivity index (χ0) is 9.42. The highest BCUT2D eigenvalue weighted by molar-refractivity contribution is 5.95. The molecule has 0 fully saturated rings. The molecule has 1 aromatic heterocycles. The molecule has 1 aliphatic rings. The molecule has 0 aromatic carbocycles. The zero-order valence-electron chi connectivity index (χ0n) is 8.25. The van der Waals surface area contributed by atoms with E-state index in [1.54, 1.807) is 0 Å². The molecule has 4 heteroatoms. The fourth-order valence-electron chi connectivity index (χ4n) is 2.13. The van der Waals surface area contributed by atoms with Crippen molar-refractivity contribution in [3.63, 3.8) is 0 Å². The summed E-state index contributed by atoms with van der Waals surface area (Å²) in [5.41, 5.74) is 8.23. The minimum absolute atomic E-state index is 0. The van der Waals surface area contributed by atoms with Gasteiger partial charge >= 0.3 is 0 Å². The van der Waals surface area contributed by atoms with E-state index in [9.17, 15) is 4.79 Å². The lowest BCUT2D eigenvalue weighted by atomic mass is 10.0. The van der Waals surface area contributed by atoms with Crippen molar-refractivity contribution in [3.05, 3.63) is 23.0 Å². The SMILES string of the molecule is Cc1cn2c(c1C(N)=O)CCCC2.Cl. The Morgan fingerprint density at radius 2 is 2.21 bits per heavy atom. The second-order valence-electron chi connectivity index (χ2n) is 3.65. The fourth-order valence-corrected chi connectivity index (χ4v) is 2.13. The first-order valence-electron chi connectivity index (χ1n) is 4.68. The van der Waals surface area contributed by atoms with Gasteiger partial charge in [0.15, 0.2) is 0 Å². The Morgan fingerprint density at radius 1 is 1.50 bits per heavy atom. The van der Waals surface area contributed by atoms with Crippen molar-refractivity contribution in [2.24, 2.45) is 5.73 Å². The maximum Gasteiger partial charge on any atom is 0.250 e. The molecular formula is C10H15ClN2O. The molecule has 0 saturated heterocycles. The smallest absolute Gasteiger partial charge is 0.250 e. The molecule has 0 radical (unpaired) electrons. The lowest BCUT2D eigenvalue weighted by Crippen LogP contribution is -2.17. The van der Waals surface area contributed by atoms with E-state index in [0.717, 1.165) is 29.8 Å². The monoisotopic (exact) mass is 214 g/mol. The summed E-state index contributed by atoms with van der Waals surface area (Å²) in [6.07, 6.45) is 5.41. The van der Waals surface area contributed by atoms with Gasteiger partial charge in [-0.1, -0.05) is 0 Å². The van der Waals surface area contributed by atoms with Crippen LogP contribution in [0.2, 0.25) is 0 Å². The molecule has 78 valence electrons. The summed E-state index contributed by atoms with van der Waals surface area (Å²) in [5, 5.41) is 0. The number of carbonyl (C=O) groups excluding carboxylic acids is 1. The third kappa shape index (κ3) is 1.64. The Kier molecular flexibility index (Phi) is 3.21. The number of fused-ring (bicyclic) bond motifs is 1. The molecule has 0 atom stereocenters. The average molecular weight is 215 g/mol. The van der Waals surface area contributed by atoms with Gasteiger partial charge in [0.05, 0.1) is 5.56 Å². The number of hydrogen-bond donors (Lipinski definition) is 1. The Morgan fingerprint density at radius 3 is 2.86 bits per heavy atom. The van der Waals surface area contributed by atoms with Gasteiger partial charge in [0.25, 0.3) is 5.91 Å². The Labute approximate surface area is 89.7 Å². The summed E-state index contributed by atoms with van der Waals surface area (Å²) in [4.78, 5) is 11.2. The van der Waals surface area contributed by atoms with Gasteiger partial charge in [-0.2, -0.15) is 0 Å². The second kappa shape index (κ2) is 4.05. The van der Waals surface area contributed by atoms with Gasteiger partial charge in [-0.3, -0.25) is 4.79 Å². The van der Waals surface area contributed by atoms with Crippen molar-refractivity contribution in [2.75, 3.05) is 0 Å². The van der Waals surface area contributed by atoms with Crippen LogP contribution in [-0.4, -0.2) is 10.5 Å². The summed E-state index contributed by atoms with van der Waals surface area (Å²) >= 11 is 0. The lowest BCUT2D eigenvalue weighted by Gasteiger charge is -2.15. The Balaban J connectivity index is 0.000000980. The number of aryl methyl sites for hydroxylation is 2. The van der Waals surface area contributed by atoms with E-state index in [1.807, 2.05) is 13.1 Å². The van der Waals surface area contributed by atoms with E-state index >= 15 is 0 Å². The molecule has 1 aliphatic heterocycles. The van der Waals surface area contributed by atoms with Crippen LogP contribution >= 0.6 is 12.4 Å². The van der Waals surface area contributed by atoms with E-state index in [2.05, 4.69) is 4.57 Å². The highest BCUT2D eigenvalue weighted by atomic mass is 35.5. The van der Waals surface area contributed by atoms with Crippen LogP contribution in [0.25, 0.3) is 0 Å². The molecule has 0 bridgehead atoms. The molecule has 2 rings (SSSR count). The number of halogens is 1. The molecule has 0 spiro atoms. The highest BCUT2D eigenvalue weighted by Crippen LogP contribution is 2.22. The molecule has 3 nitrogen and oxygen atoms in total. The summed E-state index contributed by atoms with van der Waals surface area (Å²) in [6, 6.07) is 0. The number of nitrogens with two attached hydrogens (primary N) is 1. The van der Waals surface area contributed by atoms with E-state index in [1.165, 1.54) is 12.8 Å². The van der Waals surface area contributed by atoms with Gasteiger partial charge in [0.2, 0.25) is 0 Å². The van der Waals surface area contributed by atoms with Crippen molar-refractivity contribution in [1.29, 1.82) is 0 Å². The molecule has 2 heterocycles. The number of primary amides is 1. The van der Waals surface area contributed by atoms with Crippen LogP contribution < -0.4 is 5.73 Å². The van der Waals surface area contributed by atoms with Crippen LogP contribution in [0.3, 0.4) is 0 Å². The zero-order valence-corrected chi connectivity index (χ0v) is 9.06. The Hall–Kier alpha value is -0.960. The first kappa shape index (κ1) is 11.1. The number of aromatic nitrogens is 1. The van der Waals surface area contributed by atoms with Crippen LogP contribution in [0.15, 0.2) is 6.20 Å². The van der Waals surface area contributed by atoms with Gasteiger partial charge in [-0.15, -0.1) is 12.4 Å². The van der Waals surface area contributed by atoms with E-state index < -0.39 is 0 Å². The second-order valence-corrected chi connectivity index (χ2v) is 3.65. The number of nitrogens with zero attached hydrogens (tertiary/aromatic N) is 1. The molecule has 0 aliphatic carbocycles. The van der Waals surface area contributed by atoms with Crippen LogP contribution in [0.4, 0.5) is 0 Å². The standard InChI is InChI=1S/C10H14N2O.ClH/c1-7-6-12-5-3-2-4-8(12)9(7)10(11)13;/h6H,2-5H2,1H3,(H2,11,13);1H. The van der Waals surface area contributed by atoms with Crippen LogP contribution in [0.1, 0.15) is 34.5 Å². The summed E-state index contributed by atoms with van der Waals surface area (Å²) in [6.45, 7) is 2.98. The van der Waals surface area contributed by atoms with Crippen LogP contribution in [0, 0.1) is 6.92 Å². The third-order valence-electron chi connectivity index (χ3n) is 2.69. The van der Waals surface area contributed by atoms with Crippen LogP contribution in [0.5, 0.6) is 0 Å². The van der Waals surface area contributed by atoms with Crippen molar-refractivity contribution in [2.45, 2.75) is 32.7 Å². The minimum atomic E-state index is -0.284. The Bertz CT molecular complexity index is 357. The molecule has 1 amide bonds. The highest BCUT2D eigenvalue weighted by Gasteiger charge is 2.19. The summed E-state index contributed by atoms with van der Waals surface area (Å²) in [7, 11) is 0. The number of amides is 1. The number of hydrogen-bond acceptors (Lipinski definition) is 1. The molecule has 14 heavy (non-hydrogen) atoms. The first-order valence-corrected chi connectivity index (χ1v) is 4.68. The maximum absolute atomic E-state index is 11.2. The summed E-state index contributed by atoms with van der Waals surface area (Å²) in [5.74, 6) is -0.284. The predicted molar refractivity (Wildman–Crippen MR) is 57.9 cm³/mol. The first-order chi connectivity index (χ1) is 6.20. The van der Waals surface area contributed by atoms with Crippen molar-refractivity contribution in [1.82, 2.24) is 4.57 Å². The van der Waals surface area contributed by atoms with Crippen molar-refractivity contribution >= 4 is 18.3 Å². The predicted octanol–water partition coefficient (Wildman–Crippen LogP) is 1.65. The largest absolute Gasteiger partial charge is 0.366 e. The number of carbonyl (C=O) groups is 1. The fraction of sp³-hybridized carbons (Fsp3) is 0.500. The van der Waals surface area contributed by atoms with E-state index in [4.69, 9.17) is 5.73 Å². The maximum atomic E-state index is 11.2.